The van der Waals surface area contributed by atoms with Crippen LogP contribution < -0.4 is 10.0 Å². The average Bonchev–Trinajstić information content (AvgIpc) is 3.67. The molecule has 5 rings (SSSR count). The predicted molar refractivity (Wildman–Crippen MR) is 143 cm³/mol. The molecule has 0 saturated carbocycles. The smallest absolute Gasteiger partial charge is 0.264 e. The summed E-state index contributed by atoms with van der Waals surface area (Å²) in [6, 6.07) is 14.3. The number of thioether (sulfide) groups is 1. The summed E-state index contributed by atoms with van der Waals surface area (Å²) in [6.07, 6.45) is 6.39. The van der Waals surface area contributed by atoms with E-state index in [2.05, 4.69) is 35.2 Å². The molecule has 0 fully saturated rings. The van der Waals surface area contributed by atoms with Crippen LogP contribution in [-0.2, 0) is 14.8 Å². The maximum absolute atomic E-state index is 13.0. The SMILES string of the molecule is CCC(Sc1nnc(-c2ccco2)c(-c2ccco2)n1)C(=O)Nc1ccc(S(=O)(=O)Nc2ncccn2)cc1. The monoisotopic (exact) mass is 563 g/mol. The second kappa shape index (κ2) is 11.4. The van der Waals surface area contributed by atoms with Crippen LogP contribution >= 0.6 is 11.8 Å². The molecule has 2 N–H and O–H groups in total. The van der Waals surface area contributed by atoms with Gasteiger partial charge in [0.25, 0.3) is 10.0 Å². The van der Waals surface area contributed by atoms with Crippen molar-refractivity contribution in [2.24, 2.45) is 0 Å². The molecule has 4 aromatic heterocycles. The first-order chi connectivity index (χ1) is 18.9. The first kappa shape index (κ1) is 26.1. The van der Waals surface area contributed by atoms with Crippen molar-refractivity contribution < 1.29 is 22.0 Å². The number of benzene rings is 1. The van der Waals surface area contributed by atoms with Gasteiger partial charge in [0.15, 0.2) is 17.2 Å². The maximum atomic E-state index is 13.0. The quantitative estimate of drug-likeness (QED) is 0.230. The topological polar surface area (TPSA) is 166 Å². The Balaban J connectivity index is 1.29. The Bertz CT molecular complexity index is 1650. The van der Waals surface area contributed by atoms with Gasteiger partial charge in [-0.15, -0.1) is 10.2 Å². The summed E-state index contributed by atoms with van der Waals surface area (Å²) >= 11 is 1.15. The number of hydrogen-bond donors (Lipinski definition) is 2. The predicted octanol–water partition coefficient (Wildman–Crippen LogP) is 4.49. The van der Waals surface area contributed by atoms with Crippen molar-refractivity contribution in [3.8, 4) is 22.9 Å². The number of nitrogens with zero attached hydrogens (tertiary/aromatic N) is 5. The van der Waals surface area contributed by atoms with Crippen LogP contribution in [0.5, 0.6) is 0 Å². The van der Waals surface area contributed by atoms with Crippen LogP contribution in [0.4, 0.5) is 11.6 Å². The van der Waals surface area contributed by atoms with Gasteiger partial charge in [-0.1, -0.05) is 18.7 Å². The lowest BCUT2D eigenvalue weighted by atomic mass is 10.2. The molecule has 4 heterocycles. The maximum Gasteiger partial charge on any atom is 0.264 e. The molecule has 0 aliphatic carbocycles. The van der Waals surface area contributed by atoms with Gasteiger partial charge in [0.2, 0.25) is 17.0 Å². The van der Waals surface area contributed by atoms with E-state index in [4.69, 9.17) is 8.83 Å². The lowest BCUT2D eigenvalue weighted by Gasteiger charge is -2.14. The molecule has 39 heavy (non-hydrogen) atoms. The molecule has 12 nitrogen and oxygen atoms in total. The molecule has 1 unspecified atom stereocenters. The molecule has 5 aromatic rings. The fourth-order valence-electron chi connectivity index (χ4n) is 3.45. The highest BCUT2D eigenvalue weighted by Crippen LogP contribution is 2.32. The van der Waals surface area contributed by atoms with Crippen molar-refractivity contribution >= 4 is 39.3 Å². The van der Waals surface area contributed by atoms with E-state index in [0.29, 0.717) is 35.0 Å². The fourth-order valence-corrected chi connectivity index (χ4v) is 5.22. The largest absolute Gasteiger partial charge is 0.463 e. The van der Waals surface area contributed by atoms with Crippen LogP contribution in [0, 0.1) is 0 Å². The van der Waals surface area contributed by atoms with Crippen LogP contribution in [-0.4, -0.2) is 44.7 Å². The van der Waals surface area contributed by atoms with Gasteiger partial charge in [0.05, 0.1) is 22.7 Å². The average molecular weight is 564 g/mol. The number of hydrogen-bond acceptors (Lipinski definition) is 11. The van der Waals surface area contributed by atoms with E-state index in [9.17, 15) is 13.2 Å². The normalized spacial score (nSPS) is 12.1. The van der Waals surface area contributed by atoms with Gasteiger partial charge < -0.3 is 14.2 Å². The van der Waals surface area contributed by atoms with Gasteiger partial charge in [-0.3, -0.25) is 4.79 Å². The van der Waals surface area contributed by atoms with Gasteiger partial charge >= 0.3 is 0 Å². The molecule has 0 aliphatic heterocycles. The highest BCUT2D eigenvalue weighted by Gasteiger charge is 2.23. The highest BCUT2D eigenvalue weighted by molar-refractivity contribution is 8.00. The summed E-state index contributed by atoms with van der Waals surface area (Å²) in [5, 5.41) is 11.0. The van der Waals surface area contributed by atoms with Gasteiger partial charge in [-0.05, 0) is 61.0 Å². The Labute approximate surface area is 227 Å². The molecule has 1 atom stereocenters. The van der Waals surface area contributed by atoms with E-state index in [0.717, 1.165) is 11.8 Å². The molecule has 1 aromatic carbocycles. The van der Waals surface area contributed by atoms with Crippen LogP contribution in [0.25, 0.3) is 22.9 Å². The first-order valence-corrected chi connectivity index (χ1v) is 14.0. The number of amides is 1. The van der Waals surface area contributed by atoms with Crippen molar-refractivity contribution in [1.29, 1.82) is 0 Å². The zero-order valence-corrected chi connectivity index (χ0v) is 22.0. The summed E-state index contributed by atoms with van der Waals surface area (Å²) in [4.78, 5) is 25.4. The number of carbonyl (C=O) groups is 1. The van der Waals surface area contributed by atoms with Crippen molar-refractivity contribution in [2.45, 2.75) is 28.6 Å². The molecule has 0 radical (unpaired) electrons. The Morgan fingerprint density at radius 1 is 0.923 bits per heavy atom. The van der Waals surface area contributed by atoms with Crippen LogP contribution in [0.3, 0.4) is 0 Å². The van der Waals surface area contributed by atoms with E-state index in [1.54, 1.807) is 30.3 Å². The van der Waals surface area contributed by atoms with Gasteiger partial charge in [0, 0.05) is 18.1 Å². The van der Waals surface area contributed by atoms with Crippen molar-refractivity contribution in [3.05, 3.63) is 79.5 Å². The summed E-state index contributed by atoms with van der Waals surface area (Å²) in [7, 11) is -3.89. The number of sulfonamides is 1. The van der Waals surface area contributed by atoms with Crippen molar-refractivity contribution in [2.75, 3.05) is 10.0 Å². The lowest BCUT2D eigenvalue weighted by molar-refractivity contribution is -0.115. The molecule has 0 aliphatic rings. The highest BCUT2D eigenvalue weighted by atomic mass is 32.2. The summed E-state index contributed by atoms with van der Waals surface area (Å²) in [5.74, 6) is 0.632. The minimum absolute atomic E-state index is 0.00375. The number of anilines is 2. The Kier molecular flexibility index (Phi) is 7.65. The second-order valence-corrected chi connectivity index (χ2v) is 10.8. The molecule has 0 bridgehead atoms. The number of carbonyl (C=O) groups excluding carboxylic acids is 1. The molecule has 1 amide bonds. The standard InChI is InChI=1S/C25H21N7O5S2/c1-2-20(38-25-29-21(18-6-3-14-36-18)22(30-31-25)19-7-4-15-37-19)23(33)28-16-8-10-17(11-9-16)39(34,35)32-24-26-12-5-13-27-24/h3-15,20H,2H2,1H3,(H,28,33)(H,26,27,32). The third kappa shape index (κ3) is 6.13. The molecule has 198 valence electrons. The van der Waals surface area contributed by atoms with E-state index >= 15 is 0 Å². The third-order valence-corrected chi connectivity index (χ3v) is 7.87. The Morgan fingerprint density at radius 2 is 1.59 bits per heavy atom. The molecule has 14 heteroatoms. The lowest BCUT2D eigenvalue weighted by Crippen LogP contribution is -2.25. The Hall–Kier alpha value is -4.56. The van der Waals surface area contributed by atoms with E-state index in [1.807, 2.05) is 6.92 Å². The summed E-state index contributed by atoms with van der Waals surface area (Å²) in [6.45, 7) is 1.86. The number of furan rings is 2. The molecule has 0 spiro atoms. The molecular weight excluding hydrogens is 542 g/mol. The minimum Gasteiger partial charge on any atom is -0.463 e. The fraction of sp³-hybridized carbons (Fsp3) is 0.120. The van der Waals surface area contributed by atoms with Crippen LogP contribution in [0.2, 0.25) is 0 Å². The zero-order chi connectivity index (χ0) is 27.2. The molecule has 0 saturated heterocycles. The van der Waals surface area contributed by atoms with E-state index < -0.39 is 15.3 Å². The first-order valence-electron chi connectivity index (χ1n) is 11.6. The van der Waals surface area contributed by atoms with Crippen molar-refractivity contribution in [3.63, 3.8) is 0 Å². The summed E-state index contributed by atoms with van der Waals surface area (Å²) < 4.78 is 38.5. The number of aromatic nitrogens is 5. The van der Waals surface area contributed by atoms with Gasteiger partial charge in [-0.2, -0.15) is 0 Å². The zero-order valence-electron chi connectivity index (χ0n) is 20.4. The Morgan fingerprint density at radius 3 is 2.21 bits per heavy atom. The third-order valence-electron chi connectivity index (χ3n) is 5.31. The molecular formula is C25H21N7O5S2. The van der Waals surface area contributed by atoms with Crippen molar-refractivity contribution in [1.82, 2.24) is 25.1 Å². The van der Waals surface area contributed by atoms with Gasteiger partial charge in [0.1, 0.15) is 5.69 Å². The van der Waals surface area contributed by atoms with Crippen LogP contribution in [0.15, 0.2) is 98.4 Å². The number of nitrogens with one attached hydrogen (secondary N) is 2. The van der Waals surface area contributed by atoms with E-state index in [-0.39, 0.29) is 21.9 Å². The minimum atomic E-state index is -3.89. The van der Waals surface area contributed by atoms with Gasteiger partial charge in [-0.25, -0.2) is 28.1 Å². The summed E-state index contributed by atoms with van der Waals surface area (Å²) in [5.41, 5.74) is 1.28. The van der Waals surface area contributed by atoms with E-state index in [1.165, 1.54) is 49.2 Å². The van der Waals surface area contributed by atoms with Crippen LogP contribution in [0.1, 0.15) is 13.3 Å². The number of rotatable bonds is 10. The second-order valence-electron chi connectivity index (χ2n) is 7.95.